The number of fused-ring (bicyclic) bond motifs is 1. The first-order chi connectivity index (χ1) is 18.3. The predicted octanol–water partition coefficient (Wildman–Crippen LogP) is 2.68. The molecule has 0 bridgehead atoms. The number of aromatic nitrogens is 4. The Hall–Kier alpha value is -4.24. The zero-order valence-corrected chi connectivity index (χ0v) is 20.7. The zero-order chi connectivity index (χ0) is 27.0. The van der Waals surface area contributed by atoms with Crippen LogP contribution in [0.15, 0.2) is 37.2 Å². The minimum Gasteiger partial charge on any atom is -0.373 e. The molecule has 3 N–H and O–H groups in total. The fraction of sp³-hybridized carbons (Fsp3) is 0.385. The van der Waals surface area contributed by atoms with Gasteiger partial charge in [-0.25, -0.2) is 9.67 Å². The minimum atomic E-state index is -2.96. The fourth-order valence-electron chi connectivity index (χ4n) is 4.94. The van der Waals surface area contributed by atoms with Crippen molar-refractivity contribution >= 4 is 28.7 Å². The Morgan fingerprint density at radius 3 is 2.76 bits per heavy atom. The van der Waals surface area contributed by atoms with E-state index in [1.165, 1.54) is 9.58 Å². The van der Waals surface area contributed by atoms with Gasteiger partial charge in [0.15, 0.2) is 5.69 Å². The van der Waals surface area contributed by atoms with E-state index in [1.807, 2.05) is 24.5 Å². The summed E-state index contributed by atoms with van der Waals surface area (Å²) in [5, 5.41) is 7.51. The number of rotatable bonds is 8. The Kier molecular flexibility index (Phi) is 6.86. The fourth-order valence-corrected chi connectivity index (χ4v) is 4.94. The molecular weight excluding hydrogens is 496 g/mol. The average molecular weight is 524 g/mol. The Morgan fingerprint density at radius 1 is 1.32 bits per heavy atom. The average Bonchev–Trinajstić information content (AvgIpc) is 3.35. The van der Waals surface area contributed by atoms with E-state index >= 15 is 0 Å². The van der Waals surface area contributed by atoms with Gasteiger partial charge >= 0.3 is 6.61 Å². The lowest BCUT2D eigenvalue weighted by Gasteiger charge is -2.22. The highest BCUT2D eigenvalue weighted by atomic mass is 19.3. The van der Waals surface area contributed by atoms with Crippen molar-refractivity contribution in [2.24, 2.45) is 5.73 Å². The molecule has 0 spiro atoms. The van der Waals surface area contributed by atoms with Gasteiger partial charge in [-0.2, -0.15) is 13.9 Å². The van der Waals surface area contributed by atoms with Crippen molar-refractivity contribution in [3.63, 3.8) is 0 Å². The number of hydrogen-bond acceptors (Lipinski definition) is 6. The summed E-state index contributed by atoms with van der Waals surface area (Å²) < 4.78 is 33.6. The number of anilines is 1. The number of nitrogens with one attached hydrogen (secondary N) is 1. The molecule has 2 amide bonds. The number of halogens is 2. The third-order valence-electron chi connectivity index (χ3n) is 6.84. The van der Waals surface area contributed by atoms with Crippen molar-refractivity contribution < 1.29 is 23.1 Å². The molecule has 1 saturated carbocycles. The number of nitrogens with two attached hydrogens (primary N) is 1. The third kappa shape index (κ3) is 4.84. The van der Waals surface area contributed by atoms with Crippen LogP contribution in [-0.2, 0) is 9.53 Å². The van der Waals surface area contributed by atoms with Crippen molar-refractivity contribution in [1.29, 1.82) is 0 Å². The zero-order valence-electron chi connectivity index (χ0n) is 20.7. The van der Waals surface area contributed by atoms with Crippen LogP contribution in [0.25, 0.3) is 11.0 Å². The highest BCUT2D eigenvalue weighted by Gasteiger charge is 2.38. The van der Waals surface area contributed by atoms with Crippen molar-refractivity contribution in [3.8, 4) is 11.8 Å². The van der Waals surface area contributed by atoms with E-state index in [-0.39, 0.29) is 30.8 Å². The molecule has 12 heteroatoms. The first kappa shape index (κ1) is 25.4. The van der Waals surface area contributed by atoms with Gasteiger partial charge in [0.1, 0.15) is 11.4 Å². The van der Waals surface area contributed by atoms with Crippen LogP contribution in [0.5, 0.6) is 0 Å². The van der Waals surface area contributed by atoms with Gasteiger partial charge in [-0.15, -0.1) is 0 Å². The van der Waals surface area contributed by atoms with Gasteiger partial charge in [0.2, 0.25) is 5.91 Å². The SMILES string of the molecule is C=CC(=O)N1C[C@@H](n2nc(C#Cc3ccc4c(c3)ncn4C3CC3)c(C(N)=O)c2NC)C[C@@H]1COC(F)F. The molecule has 1 aromatic carbocycles. The summed E-state index contributed by atoms with van der Waals surface area (Å²) in [6, 6.07) is 5.19. The molecule has 38 heavy (non-hydrogen) atoms. The maximum Gasteiger partial charge on any atom is 0.345 e. The molecule has 198 valence electrons. The first-order valence-corrected chi connectivity index (χ1v) is 12.2. The molecule has 5 rings (SSSR count). The molecule has 1 saturated heterocycles. The van der Waals surface area contributed by atoms with Crippen LogP contribution >= 0.6 is 0 Å². The van der Waals surface area contributed by atoms with Gasteiger partial charge in [-0.05, 0) is 49.5 Å². The smallest absolute Gasteiger partial charge is 0.345 e. The molecule has 2 aliphatic rings. The molecule has 2 fully saturated rings. The van der Waals surface area contributed by atoms with Crippen molar-refractivity contribution in [3.05, 3.63) is 54.0 Å². The van der Waals surface area contributed by atoms with Crippen LogP contribution in [0.2, 0.25) is 0 Å². The molecule has 2 atom stereocenters. The van der Waals surface area contributed by atoms with Crippen LogP contribution in [0, 0.1) is 11.8 Å². The quantitative estimate of drug-likeness (QED) is 0.346. The highest BCUT2D eigenvalue weighted by molar-refractivity contribution is 6.00. The van der Waals surface area contributed by atoms with E-state index in [0.29, 0.717) is 17.4 Å². The lowest BCUT2D eigenvalue weighted by Crippen LogP contribution is -2.37. The molecular formula is C26H27F2N7O3. The number of likely N-dealkylation sites (tertiary alicyclic amines) is 1. The molecule has 1 aliphatic carbocycles. The monoisotopic (exact) mass is 523 g/mol. The second kappa shape index (κ2) is 10.3. The second-order valence-corrected chi connectivity index (χ2v) is 9.30. The van der Waals surface area contributed by atoms with Gasteiger partial charge in [-0.1, -0.05) is 12.5 Å². The lowest BCUT2D eigenvalue weighted by molar-refractivity contribution is -0.146. The second-order valence-electron chi connectivity index (χ2n) is 9.30. The van der Waals surface area contributed by atoms with Crippen molar-refractivity contribution in [2.45, 2.75) is 44.0 Å². The number of carbonyl (C=O) groups excluding carboxylic acids is 2. The predicted molar refractivity (Wildman–Crippen MR) is 136 cm³/mol. The topological polar surface area (TPSA) is 120 Å². The highest BCUT2D eigenvalue weighted by Crippen LogP contribution is 2.37. The summed E-state index contributed by atoms with van der Waals surface area (Å²) in [4.78, 5) is 30.7. The number of imidazole rings is 1. The van der Waals surface area contributed by atoms with Crippen LogP contribution in [0.3, 0.4) is 0 Å². The van der Waals surface area contributed by atoms with Gasteiger partial charge in [-0.3, -0.25) is 9.59 Å². The summed E-state index contributed by atoms with van der Waals surface area (Å²) in [6.07, 6.45) is 5.54. The normalized spacial score (nSPS) is 19.0. The Balaban J connectivity index is 1.46. The molecule has 2 aromatic heterocycles. The van der Waals surface area contributed by atoms with E-state index in [9.17, 15) is 18.4 Å². The minimum absolute atomic E-state index is 0.105. The van der Waals surface area contributed by atoms with Crippen LogP contribution in [0.1, 0.15) is 53.0 Å². The van der Waals surface area contributed by atoms with Crippen LogP contribution < -0.4 is 11.1 Å². The molecule has 0 radical (unpaired) electrons. The van der Waals surface area contributed by atoms with Crippen molar-refractivity contribution in [1.82, 2.24) is 24.2 Å². The summed E-state index contributed by atoms with van der Waals surface area (Å²) in [5.74, 6) is 5.19. The molecule has 3 aromatic rings. The molecule has 1 aliphatic heterocycles. The van der Waals surface area contributed by atoms with E-state index in [2.05, 4.69) is 43.1 Å². The summed E-state index contributed by atoms with van der Waals surface area (Å²) in [7, 11) is 1.61. The van der Waals surface area contributed by atoms with E-state index in [1.54, 1.807) is 7.05 Å². The van der Waals surface area contributed by atoms with Gasteiger partial charge < -0.3 is 25.3 Å². The number of carbonyl (C=O) groups is 2. The lowest BCUT2D eigenvalue weighted by atomic mass is 10.1. The van der Waals surface area contributed by atoms with Crippen LogP contribution in [0.4, 0.5) is 14.6 Å². The number of primary amides is 1. The Labute approximate surface area is 217 Å². The van der Waals surface area contributed by atoms with E-state index in [0.717, 1.165) is 30.0 Å². The first-order valence-electron chi connectivity index (χ1n) is 12.2. The van der Waals surface area contributed by atoms with E-state index < -0.39 is 30.5 Å². The molecule has 0 unspecified atom stereocenters. The maximum atomic E-state index is 12.7. The maximum absolute atomic E-state index is 12.7. The largest absolute Gasteiger partial charge is 0.373 e. The third-order valence-corrected chi connectivity index (χ3v) is 6.84. The number of alkyl halides is 2. The number of nitrogens with zero attached hydrogens (tertiary/aromatic N) is 5. The van der Waals surface area contributed by atoms with Crippen molar-refractivity contribution in [2.75, 3.05) is 25.5 Å². The van der Waals surface area contributed by atoms with E-state index in [4.69, 9.17) is 5.73 Å². The number of amides is 2. The summed E-state index contributed by atoms with van der Waals surface area (Å²) in [6.45, 7) is 0.339. The van der Waals surface area contributed by atoms with Gasteiger partial charge in [0.05, 0.1) is 36.1 Å². The standard InChI is InChI=1S/C26H27F2N7O3/c1-3-22(36)33-12-17(11-18(33)13-38-26(27)28)35-25(30-2)23(24(29)37)19(32-35)8-4-15-5-9-21-20(10-15)31-14-34(21)16-6-7-16/h3,5,9-10,14,16-18,26,30H,1,6-7,11-13H2,2H3,(H2,29,37)/t17-,18+/m0/s1. The molecule has 10 nitrogen and oxygen atoms in total. The van der Waals surface area contributed by atoms with Gasteiger partial charge in [0, 0.05) is 25.2 Å². The number of ether oxygens (including phenoxy) is 1. The Bertz CT molecular complexity index is 1460. The van der Waals surface area contributed by atoms with Gasteiger partial charge in [0.25, 0.3) is 5.91 Å². The van der Waals surface area contributed by atoms with Crippen LogP contribution in [-0.4, -0.2) is 68.9 Å². The summed E-state index contributed by atoms with van der Waals surface area (Å²) >= 11 is 0. The molecule has 3 heterocycles. The number of benzene rings is 1. The number of hydrogen-bond donors (Lipinski definition) is 2. The Morgan fingerprint density at radius 2 is 2.11 bits per heavy atom. The summed E-state index contributed by atoms with van der Waals surface area (Å²) in [5.41, 5.74) is 8.54.